The molecule has 0 saturated heterocycles. The Morgan fingerprint density at radius 3 is 2.14 bits per heavy atom. The topological polar surface area (TPSA) is 86.8 Å². The van der Waals surface area contributed by atoms with Crippen LogP contribution in [0.4, 0.5) is 10.1 Å². The number of nitrogens with one attached hydrogen (secondary N) is 1. The number of halogens is 2. The molecule has 0 aliphatic heterocycles. The van der Waals surface area contributed by atoms with E-state index in [0.29, 0.717) is 6.54 Å². The number of amides is 2. The molecule has 224 valence electrons. The van der Waals surface area contributed by atoms with Crippen LogP contribution in [0.1, 0.15) is 23.6 Å². The largest absolute Gasteiger partial charge is 0.355 e. The van der Waals surface area contributed by atoms with Crippen LogP contribution in [-0.2, 0) is 32.6 Å². The Morgan fingerprint density at radius 2 is 1.51 bits per heavy atom. The fraction of sp³-hybridized carbons (Fsp3) is 0.212. The van der Waals surface area contributed by atoms with E-state index in [1.807, 2.05) is 37.3 Å². The molecule has 1 N–H and O–H groups in total. The average Bonchev–Trinajstić information content (AvgIpc) is 3.00. The molecule has 7 nitrogen and oxygen atoms in total. The minimum atomic E-state index is -4.21. The van der Waals surface area contributed by atoms with Gasteiger partial charge in [-0.05, 0) is 61.9 Å². The predicted molar refractivity (Wildman–Crippen MR) is 169 cm³/mol. The van der Waals surface area contributed by atoms with Crippen LogP contribution < -0.4 is 9.62 Å². The Morgan fingerprint density at radius 1 is 0.884 bits per heavy atom. The molecule has 4 aromatic carbocycles. The van der Waals surface area contributed by atoms with Gasteiger partial charge in [0.05, 0.1) is 10.6 Å². The second-order valence-electron chi connectivity index (χ2n) is 10.0. The number of sulfonamides is 1. The van der Waals surface area contributed by atoms with Crippen LogP contribution in [0.5, 0.6) is 0 Å². The summed E-state index contributed by atoms with van der Waals surface area (Å²) in [5, 5.41) is 2.79. The zero-order valence-electron chi connectivity index (χ0n) is 23.9. The van der Waals surface area contributed by atoms with Crippen LogP contribution in [0.15, 0.2) is 112 Å². The Hall–Kier alpha value is -4.02. The lowest BCUT2D eigenvalue weighted by Gasteiger charge is -2.34. The zero-order valence-corrected chi connectivity index (χ0v) is 26.3. The average molecular weight is 667 g/mol. The van der Waals surface area contributed by atoms with Crippen molar-refractivity contribution in [1.29, 1.82) is 0 Å². The molecule has 0 aliphatic rings. The molecule has 0 fully saturated rings. The van der Waals surface area contributed by atoms with Crippen LogP contribution in [-0.4, -0.2) is 44.3 Å². The summed E-state index contributed by atoms with van der Waals surface area (Å²) in [4.78, 5) is 29.1. The summed E-state index contributed by atoms with van der Waals surface area (Å²) >= 11 is 3.37. The molecule has 43 heavy (non-hydrogen) atoms. The van der Waals surface area contributed by atoms with Crippen molar-refractivity contribution < 1.29 is 22.4 Å². The van der Waals surface area contributed by atoms with Crippen LogP contribution in [0.3, 0.4) is 0 Å². The molecule has 0 aliphatic carbocycles. The van der Waals surface area contributed by atoms with Crippen molar-refractivity contribution in [2.45, 2.75) is 37.8 Å². The van der Waals surface area contributed by atoms with Crippen LogP contribution in [0.2, 0.25) is 0 Å². The summed E-state index contributed by atoms with van der Waals surface area (Å²) in [6, 6.07) is 27.1. The van der Waals surface area contributed by atoms with E-state index < -0.39 is 40.2 Å². The lowest BCUT2D eigenvalue weighted by atomic mass is 10.0. The lowest BCUT2D eigenvalue weighted by molar-refractivity contribution is -0.140. The quantitative estimate of drug-likeness (QED) is 0.205. The number of carbonyl (C=O) groups is 2. The highest BCUT2D eigenvalue weighted by Gasteiger charge is 2.34. The molecule has 4 rings (SSSR count). The van der Waals surface area contributed by atoms with Crippen LogP contribution in [0, 0.1) is 12.7 Å². The van der Waals surface area contributed by atoms with E-state index in [-0.39, 0.29) is 29.1 Å². The molecule has 0 aromatic heterocycles. The van der Waals surface area contributed by atoms with E-state index in [9.17, 15) is 22.4 Å². The van der Waals surface area contributed by atoms with Gasteiger partial charge in [0.1, 0.15) is 18.4 Å². The summed E-state index contributed by atoms with van der Waals surface area (Å²) in [6.07, 6.45) is 0.149. The van der Waals surface area contributed by atoms with Crippen molar-refractivity contribution in [3.8, 4) is 0 Å². The van der Waals surface area contributed by atoms with Gasteiger partial charge in [0, 0.05) is 29.5 Å². The zero-order chi connectivity index (χ0) is 31.0. The van der Waals surface area contributed by atoms with Crippen molar-refractivity contribution in [2.75, 3.05) is 17.4 Å². The molecule has 10 heteroatoms. The number of rotatable bonds is 12. The van der Waals surface area contributed by atoms with Crippen molar-refractivity contribution >= 4 is 43.5 Å². The number of likely N-dealkylation sites (N-methyl/N-ethyl adjacent to an activating group) is 1. The van der Waals surface area contributed by atoms with E-state index in [0.717, 1.165) is 19.9 Å². The standard InChI is InChI=1S/C33H33BrFN3O4S/c1-3-36-33(40)31(21-25-9-5-4-6-10-25)37(22-26-11-7-8-12-30(26)35)32(39)23-38(28-17-15-27(34)16-18-28)43(41,42)29-19-13-24(2)14-20-29/h4-20,31H,3,21-23H2,1-2H3,(H,36,40)/t31-/m1/s1. The minimum Gasteiger partial charge on any atom is -0.355 e. The minimum absolute atomic E-state index is 0.0130. The molecule has 0 radical (unpaired) electrons. The van der Waals surface area contributed by atoms with Crippen LogP contribution >= 0.6 is 15.9 Å². The summed E-state index contributed by atoms with van der Waals surface area (Å²) in [5.74, 6) is -1.62. The number of anilines is 1. The first-order chi connectivity index (χ1) is 20.6. The predicted octanol–water partition coefficient (Wildman–Crippen LogP) is 5.87. The van der Waals surface area contributed by atoms with Gasteiger partial charge in [-0.2, -0.15) is 0 Å². The van der Waals surface area contributed by atoms with E-state index in [1.54, 1.807) is 61.5 Å². The van der Waals surface area contributed by atoms with Crippen molar-refractivity contribution in [3.63, 3.8) is 0 Å². The maximum absolute atomic E-state index is 14.9. The highest BCUT2D eigenvalue weighted by atomic mass is 79.9. The fourth-order valence-corrected chi connectivity index (χ4v) is 6.31. The molecule has 0 heterocycles. The third-order valence-electron chi connectivity index (χ3n) is 6.92. The third kappa shape index (κ3) is 8.09. The van der Waals surface area contributed by atoms with Gasteiger partial charge < -0.3 is 10.2 Å². The van der Waals surface area contributed by atoms with Gasteiger partial charge in [-0.25, -0.2) is 12.8 Å². The highest BCUT2D eigenvalue weighted by Crippen LogP contribution is 2.27. The molecule has 0 saturated carbocycles. The second kappa shape index (κ2) is 14.4. The number of benzene rings is 4. The summed E-state index contributed by atoms with van der Waals surface area (Å²) in [7, 11) is -4.21. The van der Waals surface area contributed by atoms with E-state index in [4.69, 9.17) is 0 Å². The number of aryl methyl sites for hydroxylation is 1. The molecular formula is C33H33BrFN3O4S. The number of nitrogens with zero attached hydrogens (tertiary/aromatic N) is 2. The Labute approximate surface area is 260 Å². The molecular weight excluding hydrogens is 633 g/mol. The van der Waals surface area contributed by atoms with Gasteiger partial charge in [0.15, 0.2) is 0 Å². The Bertz CT molecular complexity index is 1650. The van der Waals surface area contributed by atoms with E-state index in [1.165, 1.54) is 23.1 Å². The van der Waals surface area contributed by atoms with Gasteiger partial charge in [0.25, 0.3) is 10.0 Å². The molecule has 0 bridgehead atoms. The summed E-state index contributed by atoms with van der Waals surface area (Å²) < 4.78 is 44.7. The van der Waals surface area contributed by atoms with Gasteiger partial charge in [-0.3, -0.25) is 13.9 Å². The van der Waals surface area contributed by atoms with Crippen LogP contribution in [0.25, 0.3) is 0 Å². The smallest absolute Gasteiger partial charge is 0.264 e. The first-order valence-corrected chi connectivity index (χ1v) is 16.0. The first-order valence-electron chi connectivity index (χ1n) is 13.8. The van der Waals surface area contributed by atoms with Crippen molar-refractivity contribution in [2.24, 2.45) is 0 Å². The third-order valence-corrected chi connectivity index (χ3v) is 9.24. The molecule has 4 aromatic rings. The van der Waals surface area contributed by atoms with Gasteiger partial charge in [-0.15, -0.1) is 0 Å². The normalized spacial score (nSPS) is 11.9. The van der Waals surface area contributed by atoms with Crippen molar-refractivity contribution in [3.05, 3.63) is 130 Å². The monoisotopic (exact) mass is 665 g/mol. The fourth-order valence-electron chi connectivity index (χ4n) is 4.63. The van der Waals surface area contributed by atoms with Gasteiger partial charge in [-0.1, -0.05) is 82.2 Å². The number of carbonyl (C=O) groups excluding carboxylic acids is 2. The lowest BCUT2D eigenvalue weighted by Crippen LogP contribution is -2.53. The van der Waals surface area contributed by atoms with E-state index >= 15 is 0 Å². The maximum Gasteiger partial charge on any atom is 0.264 e. The Balaban J connectivity index is 1.80. The molecule has 0 spiro atoms. The second-order valence-corrected chi connectivity index (χ2v) is 12.8. The van der Waals surface area contributed by atoms with E-state index in [2.05, 4.69) is 21.2 Å². The van der Waals surface area contributed by atoms with Gasteiger partial charge in [0.2, 0.25) is 11.8 Å². The number of hydrogen-bond acceptors (Lipinski definition) is 4. The maximum atomic E-state index is 14.9. The van der Waals surface area contributed by atoms with Gasteiger partial charge >= 0.3 is 0 Å². The molecule has 2 amide bonds. The van der Waals surface area contributed by atoms with Crippen molar-refractivity contribution in [1.82, 2.24) is 10.2 Å². The highest BCUT2D eigenvalue weighted by molar-refractivity contribution is 9.10. The SMILES string of the molecule is CCNC(=O)[C@@H](Cc1ccccc1)N(Cc1ccccc1F)C(=O)CN(c1ccc(Br)cc1)S(=O)(=O)c1ccc(C)cc1. The summed E-state index contributed by atoms with van der Waals surface area (Å²) in [5.41, 5.74) is 2.14. The Kier molecular flexibility index (Phi) is 10.7. The molecule has 1 atom stereocenters. The first kappa shape index (κ1) is 31.9. The molecule has 0 unspecified atom stereocenters. The summed E-state index contributed by atoms with van der Waals surface area (Å²) in [6.45, 7) is 3.08. The number of hydrogen-bond donors (Lipinski definition) is 1.